The van der Waals surface area contributed by atoms with E-state index in [1.54, 1.807) is 36.5 Å². The molecule has 4 N–H and O–H groups in total. The van der Waals surface area contributed by atoms with Gasteiger partial charge in [0.15, 0.2) is 0 Å². The zero-order valence-electron chi connectivity index (χ0n) is 19.8. The number of nitrogens with zero attached hydrogens (tertiary/aromatic N) is 1. The molecule has 4 rings (SSSR count). The second-order valence-corrected chi connectivity index (χ2v) is 9.73. The van der Waals surface area contributed by atoms with Gasteiger partial charge < -0.3 is 21.1 Å². The van der Waals surface area contributed by atoms with Crippen LogP contribution in [0.4, 0.5) is 11.5 Å². The minimum Gasteiger partial charge on any atom is -0.480 e. The highest BCUT2D eigenvalue weighted by molar-refractivity contribution is 6.39. The fraction of sp³-hybridized carbons (Fsp3) is 0.259. The van der Waals surface area contributed by atoms with Gasteiger partial charge in [0.2, 0.25) is 5.91 Å². The summed E-state index contributed by atoms with van der Waals surface area (Å²) in [6.45, 7) is 0. The molecule has 37 heavy (non-hydrogen) atoms. The Morgan fingerprint density at radius 2 is 1.70 bits per heavy atom. The Kier molecular flexibility index (Phi) is 8.63. The van der Waals surface area contributed by atoms with Gasteiger partial charge in [-0.25, -0.2) is 9.78 Å². The van der Waals surface area contributed by atoms with Crippen LogP contribution in [0.2, 0.25) is 10.0 Å². The van der Waals surface area contributed by atoms with Gasteiger partial charge in [-0.1, -0.05) is 47.5 Å². The summed E-state index contributed by atoms with van der Waals surface area (Å²) in [5, 5.41) is 18.7. The van der Waals surface area contributed by atoms with Crippen molar-refractivity contribution in [3.05, 3.63) is 88.0 Å². The first-order valence-electron chi connectivity index (χ1n) is 11.8. The summed E-state index contributed by atoms with van der Waals surface area (Å²) in [6, 6.07) is 16.2. The number of benzene rings is 2. The monoisotopic (exact) mass is 540 g/mol. The molecule has 1 fully saturated rings. The standard InChI is InChI=1S/C27H26Cl2N4O4/c28-20-4-3-5-21(29)24(20)26(35)33-22(27(36)37)14-16-7-10-18(11-8-16)32-25(34)17-9-12-19(15-17)31-23-6-1-2-13-30-23/h1-8,10-11,13,17,19,22H,9,12,14-15H2,(H,30,31)(H,32,34)(H,33,35)(H,36,37)/t17-,19-,22+/m1/s1. The van der Waals surface area contributed by atoms with E-state index in [-0.39, 0.29) is 39.9 Å². The van der Waals surface area contributed by atoms with Crippen molar-refractivity contribution in [2.75, 3.05) is 10.6 Å². The number of carbonyl (C=O) groups excluding carboxylic acids is 2. The lowest BCUT2D eigenvalue weighted by Crippen LogP contribution is -2.42. The Labute approximate surface area is 224 Å². The minimum atomic E-state index is -1.19. The van der Waals surface area contributed by atoms with E-state index in [4.69, 9.17) is 23.2 Å². The normalized spacial score (nSPS) is 17.6. The number of rotatable bonds is 9. The van der Waals surface area contributed by atoms with Crippen LogP contribution in [0, 0.1) is 5.92 Å². The zero-order chi connectivity index (χ0) is 26.4. The molecule has 1 heterocycles. The van der Waals surface area contributed by atoms with Crippen molar-refractivity contribution < 1.29 is 19.5 Å². The molecule has 3 atom stereocenters. The molecule has 192 valence electrons. The van der Waals surface area contributed by atoms with Crippen molar-refractivity contribution in [1.29, 1.82) is 0 Å². The van der Waals surface area contributed by atoms with Crippen molar-refractivity contribution in [3.8, 4) is 0 Å². The number of carbonyl (C=O) groups is 3. The SMILES string of the molecule is O=C(N[C@@H](Cc1ccc(NC(=O)[C@@H]2CC[C@@H](Nc3ccccn3)C2)cc1)C(=O)O)c1c(Cl)cccc1Cl. The van der Waals surface area contributed by atoms with Crippen LogP contribution in [0.3, 0.4) is 0 Å². The first-order chi connectivity index (χ1) is 17.8. The maximum Gasteiger partial charge on any atom is 0.326 e. The molecule has 1 aliphatic rings. The second kappa shape index (κ2) is 12.1. The molecule has 1 aliphatic carbocycles. The predicted molar refractivity (Wildman–Crippen MR) is 143 cm³/mol. The number of aromatic nitrogens is 1. The van der Waals surface area contributed by atoms with Crippen molar-refractivity contribution in [2.45, 2.75) is 37.8 Å². The Balaban J connectivity index is 1.31. The summed E-state index contributed by atoms with van der Waals surface area (Å²) in [4.78, 5) is 41.5. The second-order valence-electron chi connectivity index (χ2n) is 8.92. The Morgan fingerprint density at radius 1 is 0.973 bits per heavy atom. The van der Waals surface area contributed by atoms with Crippen molar-refractivity contribution >= 4 is 52.5 Å². The number of carboxylic acids is 1. The van der Waals surface area contributed by atoms with Gasteiger partial charge in [-0.3, -0.25) is 9.59 Å². The van der Waals surface area contributed by atoms with Crippen LogP contribution in [0.15, 0.2) is 66.9 Å². The molecule has 1 aromatic heterocycles. The molecule has 0 saturated heterocycles. The number of anilines is 2. The molecule has 3 aromatic rings. The third-order valence-electron chi connectivity index (χ3n) is 6.27. The largest absolute Gasteiger partial charge is 0.480 e. The third-order valence-corrected chi connectivity index (χ3v) is 6.90. The fourth-order valence-electron chi connectivity index (χ4n) is 4.36. The Bertz CT molecular complexity index is 1250. The van der Waals surface area contributed by atoms with Gasteiger partial charge in [0.1, 0.15) is 11.9 Å². The molecule has 0 aliphatic heterocycles. The molecule has 2 aromatic carbocycles. The quantitative estimate of drug-likeness (QED) is 0.302. The first kappa shape index (κ1) is 26.4. The van der Waals surface area contributed by atoms with E-state index >= 15 is 0 Å². The molecule has 10 heteroatoms. The molecule has 0 spiro atoms. The lowest BCUT2D eigenvalue weighted by molar-refractivity contribution is -0.139. The summed E-state index contributed by atoms with van der Waals surface area (Å²) >= 11 is 12.1. The highest BCUT2D eigenvalue weighted by atomic mass is 35.5. The van der Waals surface area contributed by atoms with Crippen LogP contribution >= 0.6 is 23.2 Å². The maximum atomic E-state index is 12.8. The number of halogens is 2. The molecule has 0 bridgehead atoms. The van der Waals surface area contributed by atoms with Crippen LogP contribution in [0.25, 0.3) is 0 Å². The molecule has 1 saturated carbocycles. The third kappa shape index (κ3) is 6.99. The number of hydrogen-bond donors (Lipinski definition) is 4. The van der Waals surface area contributed by atoms with E-state index in [0.717, 1.165) is 25.1 Å². The lowest BCUT2D eigenvalue weighted by atomic mass is 10.0. The van der Waals surface area contributed by atoms with Crippen LogP contribution in [0.1, 0.15) is 35.2 Å². The van der Waals surface area contributed by atoms with Gasteiger partial charge in [-0.2, -0.15) is 0 Å². The van der Waals surface area contributed by atoms with E-state index in [1.807, 2.05) is 18.2 Å². The van der Waals surface area contributed by atoms with Gasteiger partial charge >= 0.3 is 5.97 Å². The maximum absolute atomic E-state index is 12.8. The molecular weight excluding hydrogens is 515 g/mol. The van der Waals surface area contributed by atoms with Crippen molar-refractivity contribution in [1.82, 2.24) is 10.3 Å². The van der Waals surface area contributed by atoms with Gasteiger partial charge in [-0.15, -0.1) is 0 Å². The first-order valence-corrected chi connectivity index (χ1v) is 12.6. The van der Waals surface area contributed by atoms with E-state index < -0.39 is 17.9 Å². The van der Waals surface area contributed by atoms with Gasteiger partial charge in [0, 0.05) is 30.3 Å². The Hall–Kier alpha value is -3.62. The van der Waals surface area contributed by atoms with Crippen molar-refractivity contribution in [3.63, 3.8) is 0 Å². The number of nitrogens with one attached hydrogen (secondary N) is 3. The topological polar surface area (TPSA) is 120 Å². The molecule has 8 nitrogen and oxygen atoms in total. The van der Waals surface area contributed by atoms with E-state index in [0.29, 0.717) is 11.3 Å². The van der Waals surface area contributed by atoms with E-state index in [9.17, 15) is 19.5 Å². The average molecular weight is 541 g/mol. The van der Waals surface area contributed by atoms with Gasteiger partial charge in [-0.05, 0) is 61.2 Å². The van der Waals surface area contributed by atoms with Crippen molar-refractivity contribution in [2.24, 2.45) is 5.92 Å². The lowest BCUT2D eigenvalue weighted by Gasteiger charge is -2.16. The highest BCUT2D eigenvalue weighted by Gasteiger charge is 2.30. The summed E-state index contributed by atoms with van der Waals surface area (Å²) < 4.78 is 0. The molecular formula is C27H26Cl2N4O4. The summed E-state index contributed by atoms with van der Waals surface area (Å²) in [5.41, 5.74) is 1.32. The minimum absolute atomic E-state index is 0.0273. The molecule has 0 unspecified atom stereocenters. The van der Waals surface area contributed by atoms with Crippen LogP contribution in [0.5, 0.6) is 0 Å². The summed E-state index contributed by atoms with van der Waals surface area (Å²) in [6.07, 6.45) is 4.15. The number of amides is 2. The van der Waals surface area contributed by atoms with E-state index in [2.05, 4.69) is 20.9 Å². The number of aliphatic carboxylic acids is 1. The number of pyridine rings is 1. The predicted octanol–water partition coefficient (Wildman–Crippen LogP) is 5.03. The zero-order valence-corrected chi connectivity index (χ0v) is 21.3. The average Bonchev–Trinajstić information content (AvgIpc) is 3.34. The fourth-order valence-corrected chi connectivity index (χ4v) is 4.93. The molecule has 2 amide bonds. The number of carboxylic acid groups (broad SMARTS) is 1. The Morgan fingerprint density at radius 3 is 2.35 bits per heavy atom. The summed E-state index contributed by atoms with van der Waals surface area (Å²) in [5.74, 6) is -1.22. The molecule has 0 radical (unpaired) electrons. The van der Waals surface area contributed by atoms with Crippen LogP contribution in [-0.2, 0) is 16.0 Å². The van der Waals surface area contributed by atoms with Gasteiger partial charge in [0.05, 0.1) is 15.6 Å². The van der Waals surface area contributed by atoms with Gasteiger partial charge in [0.25, 0.3) is 5.91 Å². The number of hydrogen-bond acceptors (Lipinski definition) is 5. The van der Waals surface area contributed by atoms with Crippen LogP contribution in [-0.4, -0.2) is 40.0 Å². The summed E-state index contributed by atoms with van der Waals surface area (Å²) in [7, 11) is 0. The van der Waals surface area contributed by atoms with Crippen LogP contribution < -0.4 is 16.0 Å². The highest BCUT2D eigenvalue weighted by Crippen LogP contribution is 2.29. The van der Waals surface area contributed by atoms with E-state index in [1.165, 1.54) is 12.1 Å². The smallest absolute Gasteiger partial charge is 0.326 e.